The van der Waals surface area contributed by atoms with Crippen LogP contribution in [0.25, 0.3) is 43.8 Å². The van der Waals surface area contributed by atoms with Crippen molar-refractivity contribution in [3.63, 3.8) is 0 Å². The number of aryl methyl sites for hydroxylation is 1. The minimum atomic E-state index is -0.126. The van der Waals surface area contributed by atoms with Gasteiger partial charge in [-0.15, -0.1) is 0 Å². The van der Waals surface area contributed by atoms with Gasteiger partial charge in [0.25, 0.3) is 5.56 Å². The summed E-state index contributed by atoms with van der Waals surface area (Å²) in [7, 11) is 3.23. The number of rotatable bonds is 7. The summed E-state index contributed by atoms with van der Waals surface area (Å²) in [6, 6.07) is 14.1. The standard InChI is InChI=1S/C27H26N4O3/c1-33-24-8-6-18(12-25(24)34-2)23-15-29-27(32)26-21-10-16(19-13-30-31-14-19)5-7-20(21)17(4-3-9-28)11-22(23)26/h5-8,10-15H,3-4,9,28H2,1-2H3,(H,29,32)(H,30,31). The summed E-state index contributed by atoms with van der Waals surface area (Å²) in [4.78, 5) is 16.1. The smallest absolute Gasteiger partial charge is 0.256 e. The van der Waals surface area contributed by atoms with Crippen LogP contribution in [0.4, 0.5) is 0 Å². The number of hydrogen-bond acceptors (Lipinski definition) is 5. The molecule has 0 saturated heterocycles. The molecule has 0 unspecified atom stereocenters. The number of benzene rings is 3. The number of aromatic amines is 2. The van der Waals surface area contributed by atoms with Gasteiger partial charge in [0.2, 0.25) is 0 Å². The molecule has 5 rings (SSSR count). The van der Waals surface area contributed by atoms with E-state index in [0.29, 0.717) is 23.4 Å². The van der Waals surface area contributed by atoms with Crippen molar-refractivity contribution in [3.05, 3.63) is 77.0 Å². The van der Waals surface area contributed by atoms with Gasteiger partial charge in [0.05, 0.1) is 25.8 Å². The zero-order chi connectivity index (χ0) is 23.7. The van der Waals surface area contributed by atoms with Crippen molar-refractivity contribution in [3.8, 4) is 33.8 Å². The number of pyridine rings is 1. The van der Waals surface area contributed by atoms with Gasteiger partial charge in [-0.2, -0.15) is 5.10 Å². The molecule has 0 fully saturated rings. The molecule has 7 nitrogen and oxygen atoms in total. The molecule has 0 atom stereocenters. The summed E-state index contributed by atoms with van der Waals surface area (Å²) in [5, 5.41) is 10.4. The lowest BCUT2D eigenvalue weighted by Gasteiger charge is -2.15. The van der Waals surface area contributed by atoms with Crippen molar-refractivity contribution < 1.29 is 9.47 Å². The lowest BCUT2D eigenvalue weighted by molar-refractivity contribution is 0.355. The summed E-state index contributed by atoms with van der Waals surface area (Å²) in [6.45, 7) is 0.602. The van der Waals surface area contributed by atoms with E-state index >= 15 is 0 Å². The van der Waals surface area contributed by atoms with Crippen LogP contribution < -0.4 is 20.8 Å². The third kappa shape index (κ3) is 3.70. The first-order valence-corrected chi connectivity index (χ1v) is 11.2. The van der Waals surface area contributed by atoms with Gasteiger partial charge in [0.1, 0.15) is 0 Å². The van der Waals surface area contributed by atoms with E-state index in [2.05, 4.69) is 39.4 Å². The minimum absolute atomic E-state index is 0.126. The normalized spacial score (nSPS) is 11.3. The van der Waals surface area contributed by atoms with Crippen LogP contribution in [-0.2, 0) is 6.42 Å². The van der Waals surface area contributed by atoms with E-state index in [9.17, 15) is 4.79 Å². The lowest BCUT2D eigenvalue weighted by atomic mass is 9.90. The summed E-state index contributed by atoms with van der Waals surface area (Å²) in [5.74, 6) is 1.28. The number of nitrogens with zero attached hydrogens (tertiary/aromatic N) is 1. The van der Waals surface area contributed by atoms with E-state index in [1.807, 2.05) is 24.4 Å². The Balaban J connectivity index is 1.84. The molecule has 0 saturated carbocycles. The number of hydrogen-bond donors (Lipinski definition) is 3. The summed E-state index contributed by atoms with van der Waals surface area (Å²) >= 11 is 0. The molecule has 4 N–H and O–H groups in total. The van der Waals surface area contributed by atoms with Crippen LogP contribution in [-0.4, -0.2) is 35.9 Å². The molecule has 0 radical (unpaired) electrons. The number of fused-ring (bicyclic) bond motifs is 3. The van der Waals surface area contributed by atoms with Crippen LogP contribution in [0.1, 0.15) is 12.0 Å². The van der Waals surface area contributed by atoms with Crippen molar-refractivity contribution in [2.24, 2.45) is 5.73 Å². The van der Waals surface area contributed by atoms with E-state index in [0.717, 1.165) is 51.3 Å². The fourth-order valence-electron chi connectivity index (χ4n) is 4.58. The van der Waals surface area contributed by atoms with Gasteiger partial charge in [0, 0.05) is 23.5 Å². The fraction of sp³-hybridized carbons (Fsp3) is 0.185. The highest BCUT2D eigenvalue weighted by Crippen LogP contribution is 2.38. The van der Waals surface area contributed by atoms with Gasteiger partial charge < -0.3 is 20.2 Å². The highest BCUT2D eigenvalue weighted by atomic mass is 16.5. The zero-order valence-electron chi connectivity index (χ0n) is 19.1. The topological polar surface area (TPSA) is 106 Å². The summed E-state index contributed by atoms with van der Waals surface area (Å²) in [6.07, 6.45) is 7.08. The Hall–Kier alpha value is -4.10. The number of aromatic nitrogens is 3. The Kier molecular flexibility index (Phi) is 5.77. The van der Waals surface area contributed by atoms with Gasteiger partial charge in [-0.05, 0) is 76.5 Å². The highest BCUT2D eigenvalue weighted by Gasteiger charge is 2.16. The van der Waals surface area contributed by atoms with Crippen LogP contribution in [0, 0.1) is 0 Å². The molecule has 7 heteroatoms. The van der Waals surface area contributed by atoms with Crippen molar-refractivity contribution >= 4 is 21.5 Å². The van der Waals surface area contributed by atoms with E-state index in [1.165, 1.54) is 5.56 Å². The molecule has 0 amide bonds. The van der Waals surface area contributed by atoms with E-state index in [-0.39, 0.29) is 5.56 Å². The van der Waals surface area contributed by atoms with Crippen molar-refractivity contribution in [1.82, 2.24) is 15.2 Å². The van der Waals surface area contributed by atoms with Crippen molar-refractivity contribution in [2.75, 3.05) is 20.8 Å². The molecular formula is C27H26N4O3. The fourth-order valence-corrected chi connectivity index (χ4v) is 4.58. The second-order valence-electron chi connectivity index (χ2n) is 8.20. The second-order valence-corrected chi connectivity index (χ2v) is 8.20. The van der Waals surface area contributed by atoms with Gasteiger partial charge in [-0.1, -0.05) is 18.2 Å². The first-order valence-electron chi connectivity index (χ1n) is 11.2. The molecule has 172 valence electrons. The maximum Gasteiger partial charge on any atom is 0.256 e. The molecule has 2 aromatic heterocycles. The van der Waals surface area contributed by atoms with Crippen molar-refractivity contribution in [1.29, 1.82) is 0 Å². The van der Waals surface area contributed by atoms with E-state index in [4.69, 9.17) is 15.2 Å². The van der Waals surface area contributed by atoms with E-state index in [1.54, 1.807) is 26.6 Å². The largest absolute Gasteiger partial charge is 0.493 e. The highest BCUT2D eigenvalue weighted by molar-refractivity contribution is 6.13. The Morgan fingerprint density at radius 3 is 2.44 bits per heavy atom. The molecule has 5 aromatic rings. The Bertz CT molecular complexity index is 1540. The average Bonchev–Trinajstić information content (AvgIpc) is 3.41. The first kappa shape index (κ1) is 21.7. The molecule has 2 heterocycles. The summed E-state index contributed by atoms with van der Waals surface area (Å²) < 4.78 is 10.9. The second kappa shape index (κ2) is 9.03. The number of methoxy groups -OCH3 is 2. The van der Waals surface area contributed by atoms with Gasteiger partial charge in [0.15, 0.2) is 11.5 Å². The van der Waals surface area contributed by atoms with Crippen LogP contribution in [0.5, 0.6) is 11.5 Å². The van der Waals surface area contributed by atoms with Crippen LogP contribution in [0.3, 0.4) is 0 Å². The first-order chi connectivity index (χ1) is 16.6. The third-order valence-electron chi connectivity index (χ3n) is 6.26. The molecule has 0 spiro atoms. The molecule has 3 aromatic carbocycles. The number of ether oxygens (including phenoxy) is 2. The van der Waals surface area contributed by atoms with Crippen LogP contribution in [0.15, 0.2) is 65.8 Å². The monoisotopic (exact) mass is 454 g/mol. The van der Waals surface area contributed by atoms with E-state index < -0.39 is 0 Å². The minimum Gasteiger partial charge on any atom is -0.493 e. The Labute approximate surface area is 196 Å². The molecule has 0 aliphatic rings. The quantitative estimate of drug-likeness (QED) is 0.311. The molecular weight excluding hydrogens is 428 g/mol. The zero-order valence-corrected chi connectivity index (χ0v) is 19.1. The van der Waals surface area contributed by atoms with Gasteiger partial charge >= 0.3 is 0 Å². The van der Waals surface area contributed by atoms with Gasteiger partial charge in [-0.25, -0.2) is 0 Å². The molecule has 0 bridgehead atoms. The van der Waals surface area contributed by atoms with Crippen LogP contribution >= 0.6 is 0 Å². The molecule has 0 aliphatic carbocycles. The summed E-state index contributed by atoms with van der Waals surface area (Å²) in [5.41, 5.74) is 10.7. The SMILES string of the molecule is COc1ccc(-c2c[nH]c(=O)c3c2cc(CCCN)c2ccc(-c4cn[nH]c4)cc23)cc1OC. The number of nitrogens with two attached hydrogens (primary N) is 1. The Morgan fingerprint density at radius 2 is 1.71 bits per heavy atom. The predicted molar refractivity (Wildman–Crippen MR) is 136 cm³/mol. The van der Waals surface area contributed by atoms with Gasteiger partial charge in [-0.3, -0.25) is 9.89 Å². The maximum atomic E-state index is 13.2. The predicted octanol–water partition coefficient (Wildman–Crippen LogP) is 4.65. The average molecular weight is 455 g/mol. The van der Waals surface area contributed by atoms with Crippen molar-refractivity contribution in [2.45, 2.75) is 12.8 Å². The maximum absolute atomic E-state index is 13.2. The van der Waals surface area contributed by atoms with Crippen LogP contribution in [0.2, 0.25) is 0 Å². The molecule has 0 aliphatic heterocycles. The third-order valence-corrected chi connectivity index (χ3v) is 6.26. The molecule has 34 heavy (non-hydrogen) atoms. The lowest BCUT2D eigenvalue weighted by Crippen LogP contribution is -2.08. The number of H-pyrrole nitrogens is 2. The Morgan fingerprint density at radius 1 is 0.882 bits per heavy atom. The number of nitrogens with one attached hydrogen (secondary N) is 2.